The molecule has 1 heterocycles. The summed E-state index contributed by atoms with van der Waals surface area (Å²) in [5.41, 5.74) is 1.73. The van der Waals surface area contributed by atoms with Crippen molar-refractivity contribution < 1.29 is 14.7 Å². The standard InChI is InChI=1S/C36H52N2O3/c1-22(2)28-25(39)21-32(5)16-18-34(7)23(29(28)32)12-13-27-33(6)17-19-36(41,38-30(40)24-11-9-10-20-37-24)31(3,4)26(33)14-15-35(27,34)8/h9-11,20,22-23,26-27,41H,12-19,21H2,1-8H3,(H,38,40)/t23-,26+,27-,32+,33+,34-,35-,36+/m1/s1. The smallest absolute Gasteiger partial charge is 0.272 e. The van der Waals surface area contributed by atoms with Gasteiger partial charge in [-0.15, -0.1) is 0 Å². The Kier molecular flexibility index (Phi) is 6.38. The molecule has 0 unspecified atom stereocenters. The number of hydrogen-bond acceptors (Lipinski definition) is 4. The van der Waals surface area contributed by atoms with E-state index in [-0.39, 0.29) is 27.6 Å². The fraction of sp³-hybridized carbons (Fsp3) is 0.750. The number of aliphatic hydroxyl groups is 1. The van der Waals surface area contributed by atoms with E-state index in [1.807, 2.05) is 6.07 Å². The van der Waals surface area contributed by atoms with Crippen LogP contribution in [0.5, 0.6) is 0 Å². The molecule has 0 spiro atoms. The molecule has 2 N–H and O–H groups in total. The highest BCUT2D eigenvalue weighted by atomic mass is 16.3. The van der Waals surface area contributed by atoms with Crippen LogP contribution in [0.25, 0.3) is 0 Å². The van der Waals surface area contributed by atoms with Crippen LogP contribution in [0.15, 0.2) is 35.5 Å². The van der Waals surface area contributed by atoms with Crippen LogP contribution in [-0.2, 0) is 4.79 Å². The summed E-state index contributed by atoms with van der Waals surface area (Å²) in [6, 6.07) is 5.31. The van der Waals surface area contributed by atoms with Crippen molar-refractivity contribution in [3.05, 3.63) is 41.2 Å². The van der Waals surface area contributed by atoms with Gasteiger partial charge in [0.15, 0.2) is 5.78 Å². The number of amides is 1. The maximum absolute atomic E-state index is 13.4. The lowest BCUT2D eigenvalue weighted by Crippen LogP contribution is -2.71. The number of carbonyl (C=O) groups is 2. The highest BCUT2D eigenvalue weighted by molar-refractivity contribution is 6.00. The Morgan fingerprint density at radius 3 is 2.32 bits per heavy atom. The first-order chi connectivity index (χ1) is 19.0. The van der Waals surface area contributed by atoms with Gasteiger partial charge < -0.3 is 10.4 Å². The van der Waals surface area contributed by atoms with E-state index in [2.05, 4.69) is 65.7 Å². The van der Waals surface area contributed by atoms with Gasteiger partial charge in [-0.05, 0) is 114 Å². The summed E-state index contributed by atoms with van der Waals surface area (Å²) in [6.45, 7) is 18.9. The molecule has 5 nitrogen and oxygen atoms in total. The minimum atomic E-state index is -1.28. The van der Waals surface area contributed by atoms with E-state index in [1.165, 1.54) is 18.4 Å². The van der Waals surface area contributed by atoms with Gasteiger partial charge in [0.1, 0.15) is 11.4 Å². The van der Waals surface area contributed by atoms with Crippen LogP contribution >= 0.6 is 0 Å². The number of rotatable bonds is 3. The van der Waals surface area contributed by atoms with E-state index >= 15 is 0 Å². The van der Waals surface area contributed by atoms with Crippen LogP contribution in [0.2, 0.25) is 0 Å². The van der Waals surface area contributed by atoms with E-state index < -0.39 is 11.1 Å². The molecule has 1 aromatic rings. The van der Waals surface area contributed by atoms with Crippen molar-refractivity contribution in [2.75, 3.05) is 0 Å². The SMILES string of the molecule is CC(C)C1=C2[C@H]3CC[C@@H]4[C@@]5(C)CC[C@@](O)(NC(=O)c6ccccn6)C(C)(C)[C@@H]5CC[C@@]4(C)[C@]3(C)CC[C@@]2(C)CC1=O. The summed E-state index contributed by atoms with van der Waals surface area (Å²) < 4.78 is 0. The van der Waals surface area contributed by atoms with Gasteiger partial charge >= 0.3 is 0 Å². The normalized spacial score (nSPS) is 45.0. The first-order valence-corrected chi connectivity index (χ1v) is 16.3. The van der Waals surface area contributed by atoms with E-state index in [0.29, 0.717) is 48.0 Å². The predicted molar refractivity (Wildman–Crippen MR) is 162 cm³/mol. The van der Waals surface area contributed by atoms with Gasteiger partial charge in [0.05, 0.1) is 0 Å². The van der Waals surface area contributed by atoms with Crippen molar-refractivity contribution in [3.8, 4) is 0 Å². The van der Waals surface area contributed by atoms with Crippen molar-refractivity contribution in [1.82, 2.24) is 10.3 Å². The molecule has 1 aromatic heterocycles. The Morgan fingerprint density at radius 2 is 1.66 bits per heavy atom. The second-order valence-corrected chi connectivity index (χ2v) is 16.5. The zero-order chi connectivity index (χ0) is 29.8. The number of aromatic nitrogens is 1. The monoisotopic (exact) mass is 560 g/mol. The van der Waals surface area contributed by atoms with E-state index in [1.54, 1.807) is 18.3 Å². The molecule has 0 radical (unpaired) electrons. The molecule has 224 valence electrons. The highest BCUT2D eigenvalue weighted by Gasteiger charge is 2.71. The zero-order valence-corrected chi connectivity index (χ0v) is 26.7. The number of nitrogens with zero attached hydrogens (tertiary/aromatic N) is 1. The molecule has 0 aromatic carbocycles. The molecule has 4 fully saturated rings. The number of hydrogen-bond donors (Lipinski definition) is 2. The quantitative estimate of drug-likeness (QED) is 0.375. The minimum Gasteiger partial charge on any atom is -0.370 e. The Morgan fingerprint density at radius 1 is 0.927 bits per heavy atom. The van der Waals surface area contributed by atoms with Gasteiger partial charge in [-0.2, -0.15) is 0 Å². The summed E-state index contributed by atoms with van der Waals surface area (Å²) in [5, 5.41) is 15.2. The van der Waals surface area contributed by atoms with Crippen molar-refractivity contribution in [2.24, 2.45) is 50.7 Å². The van der Waals surface area contributed by atoms with Crippen molar-refractivity contribution in [1.29, 1.82) is 0 Å². The average molecular weight is 561 g/mol. The third kappa shape index (κ3) is 3.72. The molecule has 0 bridgehead atoms. The van der Waals surface area contributed by atoms with Crippen LogP contribution < -0.4 is 5.32 Å². The summed E-state index contributed by atoms with van der Waals surface area (Å²) in [7, 11) is 0. The summed E-state index contributed by atoms with van der Waals surface area (Å²) in [6.07, 6.45) is 10.6. The molecule has 5 aliphatic rings. The van der Waals surface area contributed by atoms with Gasteiger partial charge in [-0.25, -0.2) is 0 Å². The number of ketones is 1. The topological polar surface area (TPSA) is 79.3 Å². The van der Waals surface area contributed by atoms with Gasteiger partial charge in [0.25, 0.3) is 5.91 Å². The number of fused-ring (bicyclic) bond motifs is 7. The lowest BCUT2D eigenvalue weighted by Gasteiger charge is -2.73. The molecule has 6 rings (SSSR count). The first kappa shape index (κ1) is 29.1. The minimum absolute atomic E-state index is 0.0420. The van der Waals surface area contributed by atoms with Gasteiger partial charge in [-0.1, -0.05) is 67.0 Å². The maximum Gasteiger partial charge on any atom is 0.272 e. The third-order valence-electron chi connectivity index (χ3n) is 14.2. The number of pyridine rings is 1. The predicted octanol–water partition coefficient (Wildman–Crippen LogP) is 7.50. The van der Waals surface area contributed by atoms with Gasteiger partial charge in [0, 0.05) is 18.0 Å². The number of nitrogens with one attached hydrogen (secondary N) is 1. The summed E-state index contributed by atoms with van der Waals surface area (Å²) >= 11 is 0. The third-order valence-corrected chi connectivity index (χ3v) is 14.2. The van der Waals surface area contributed by atoms with E-state index in [4.69, 9.17) is 0 Å². The van der Waals surface area contributed by atoms with Crippen LogP contribution in [0.1, 0.15) is 124 Å². The second kappa shape index (κ2) is 9.00. The number of allylic oxidation sites excluding steroid dienone is 2. The Labute approximate surface area is 247 Å². The van der Waals surface area contributed by atoms with E-state index in [9.17, 15) is 14.7 Å². The molecule has 0 saturated heterocycles. The molecule has 41 heavy (non-hydrogen) atoms. The summed E-state index contributed by atoms with van der Waals surface area (Å²) in [5.74, 6) is 1.73. The maximum atomic E-state index is 13.4. The van der Waals surface area contributed by atoms with Gasteiger partial charge in [-0.3, -0.25) is 14.6 Å². The van der Waals surface area contributed by atoms with Crippen LogP contribution in [-0.4, -0.2) is 27.5 Å². The number of Topliss-reactive ketones (excluding diaryl/α,β-unsaturated/α-hetero) is 1. The second-order valence-electron chi connectivity index (χ2n) is 16.5. The van der Waals surface area contributed by atoms with Crippen molar-refractivity contribution in [3.63, 3.8) is 0 Å². The molecule has 1 amide bonds. The van der Waals surface area contributed by atoms with Crippen molar-refractivity contribution in [2.45, 2.75) is 119 Å². The average Bonchev–Trinajstić information content (AvgIpc) is 3.18. The lowest BCUT2D eigenvalue weighted by molar-refractivity contribution is -0.256. The zero-order valence-electron chi connectivity index (χ0n) is 26.7. The molecule has 5 heteroatoms. The van der Waals surface area contributed by atoms with E-state index in [0.717, 1.165) is 37.7 Å². The molecule has 0 aliphatic heterocycles. The lowest BCUT2D eigenvalue weighted by atomic mass is 9.32. The Bertz CT molecular complexity index is 1300. The fourth-order valence-electron chi connectivity index (χ4n) is 11.8. The summed E-state index contributed by atoms with van der Waals surface area (Å²) in [4.78, 5) is 30.8. The molecular weight excluding hydrogens is 508 g/mol. The Balaban J connectivity index is 1.34. The first-order valence-electron chi connectivity index (χ1n) is 16.3. The largest absolute Gasteiger partial charge is 0.370 e. The highest BCUT2D eigenvalue weighted by Crippen LogP contribution is 2.77. The fourth-order valence-corrected chi connectivity index (χ4v) is 11.8. The van der Waals surface area contributed by atoms with Crippen LogP contribution in [0, 0.1) is 50.7 Å². The van der Waals surface area contributed by atoms with Gasteiger partial charge in [0.2, 0.25) is 0 Å². The number of carbonyl (C=O) groups excluding carboxylic acids is 2. The van der Waals surface area contributed by atoms with Crippen LogP contribution in [0.3, 0.4) is 0 Å². The molecular formula is C36H52N2O3. The molecule has 4 saturated carbocycles. The van der Waals surface area contributed by atoms with Crippen LogP contribution in [0.4, 0.5) is 0 Å². The van der Waals surface area contributed by atoms with Crippen molar-refractivity contribution >= 4 is 11.7 Å². The Hall–Kier alpha value is -2.01. The molecule has 8 atom stereocenters. The molecule has 5 aliphatic carbocycles.